The number of carbonyl (C=O) groups is 1. The van der Waals surface area contributed by atoms with Crippen molar-refractivity contribution in [2.24, 2.45) is 0 Å². The molecule has 0 bridgehead atoms. The van der Waals surface area contributed by atoms with E-state index in [1.54, 1.807) is 0 Å². The van der Waals surface area contributed by atoms with Gasteiger partial charge in [-0.2, -0.15) is 0 Å². The third-order valence-corrected chi connectivity index (χ3v) is 4.27. The molecule has 0 fully saturated rings. The van der Waals surface area contributed by atoms with Crippen LogP contribution >= 0.6 is 0 Å². The average Bonchev–Trinajstić information content (AvgIpc) is 2.57. The summed E-state index contributed by atoms with van der Waals surface area (Å²) in [7, 11) is 0. The molecule has 1 aliphatic heterocycles. The Labute approximate surface area is 141 Å². The highest BCUT2D eigenvalue weighted by atomic mass is 16.5. The number of amides is 1. The van der Waals surface area contributed by atoms with Gasteiger partial charge in [-0.3, -0.25) is 4.79 Å². The van der Waals surface area contributed by atoms with Gasteiger partial charge in [0.05, 0.1) is 11.7 Å². The number of hydrogen-bond acceptors (Lipinski definition) is 5. The van der Waals surface area contributed by atoms with Crippen molar-refractivity contribution in [3.05, 3.63) is 41.2 Å². The van der Waals surface area contributed by atoms with Gasteiger partial charge in [-0.1, -0.05) is 13.0 Å². The second kappa shape index (κ2) is 6.47. The number of carbonyl (C=O) groups excluding carboxylic acids is 1. The van der Waals surface area contributed by atoms with Crippen molar-refractivity contribution < 1.29 is 9.53 Å². The Morgan fingerprint density at radius 3 is 2.88 bits per heavy atom. The number of nitrogens with zero attached hydrogens (tertiary/aromatic N) is 2. The summed E-state index contributed by atoms with van der Waals surface area (Å²) in [4.78, 5) is 20.6. The van der Waals surface area contributed by atoms with E-state index >= 15 is 0 Å². The smallest absolute Gasteiger partial charge is 0.265 e. The lowest BCUT2D eigenvalue weighted by Gasteiger charge is -2.26. The molecular weight excluding hydrogens is 304 g/mol. The van der Waals surface area contributed by atoms with Crippen LogP contribution in [0.2, 0.25) is 0 Å². The Balaban J connectivity index is 1.79. The maximum absolute atomic E-state index is 11.8. The predicted octanol–water partition coefficient (Wildman–Crippen LogP) is 3.38. The second-order valence-corrected chi connectivity index (χ2v) is 6.09. The summed E-state index contributed by atoms with van der Waals surface area (Å²) in [6, 6.07) is 5.80. The van der Waals surface area contributed by atoms with Gasteiger partial charge in [-0.25, -0.2) is 9.97 Å². The highest BCUT2D eigenvalue weighted by molar-refractivity contribution is 5.97. The Morgan fingerprint density at radius 1 is 1.38 bits per heavy atom. The molecule has 6 nitrogen and oxygen atoms in total. The Hall–Kier alpha value is -2.63. The van der Waals surface area contributed by atoms with Gasteiger partial charge in [0.25, 0.3) is 5.91 Å². The van der Waals surface area contributed by atoms with E-state index < -0.39 is 6.10 Å². The molecule has 24 heavy (non-hydrogen) atoms. The van der Waals surface area contributed by atoms with E-state index in [2.05, 4.69) is 20.6 Å². The zero-order valence-electron chi connectivity index (χ0n) is 14.4. The SMILES string of the molecule is CC[C@@H]1Oc2cc([C@H](C)Nc3ncc(C)c(C)n3)ccc2NC1=O. The Kier molecular flexibility index (Phi) is 4.38. The highest BCUT2D eigenvalue weighted by Crippen LogP contribution is 2.33. The van der Waals surface area contributed by atoms with Gasteiger partial charge in [-0.15, -0.1) is 0 Å². The number of aromatic nitrogens is 2. The van der Waals surface area contributed by atoms with Crippen LogP contribution in [-0.2, 0) is 4.79 Å². The first-order valence-electron chi connectivity index (χ1n) is 8.16. The summed E-state index contributed by atoms with van der Waals surface area (Å²) in [6.07, 6.45) is 2.02. The van der Waals surface area contributed by atoms with E-state index in [9.17, 15) is 4.79 Å². The quantitative estimate of drug-likeness (QED) is 0.901. The maximum atomic E-state index is 11.8. The van der Waals surface area contributed by atoms with E-state index in [1.165, 1.54) is 0 Å². The van der Waals surface area contributed by atoms with Crippen molar-refractivity contribution >= 4 is 17.5 Å². The van der Waals surface area contributed by atoms with Crippen molar-refractivity contribution in [3.8, 4) is 5.75 Å². The largest absolute Gasteiger partial charge is 0.478 e. The molecule has 1 aromatic heterocycles. The van der Waals surface area contributed by atoms with E-state index in [-0.39, 0.29) is 11.9 Å². The fraction of sp³-hybridized carbons (Fsp3) is 0.389. The van der Waals surface area contributed by atoms with E-state index in [0.717, 1.165) is 16.8 Å². The normalized spacial score (nSPS) is 17.5. The molecule has 2 atom stereocenters. The summed E-state index contributed by atoms with van der Waals surface area (Å²) in [5.74, 6) is 1.21. The van der Waals surface area contributed by atoms with E-state index in [1.807, 2.05) is 52.1 Å². The molecular formula is C18H22N4O2. The lowest BCUT2D eigenvalue weighted by Crippen LogP contribution is -2.36. The van der Waals surface area contributed by atoms with Crippen LogP contribution in [0.3, 0.4) is 0 Å². The second-order valence-electron chi connectivity index (χ2n) is 6.09. The molecule has 1 aliphatic rings. The lowest BCUT2D eigenvalue weighted by molar-refractivity contribution is -0.123. The molecule has 1 aromatic carbocycles. The molecule has 0 saturated heterocycles. The number of rotatable bonds is 4. The molecule has 2 N–H and O–H groups in total. The number of aryl methyl sites for hydroxylation is 2. The Morgan fingerprint density at radius 2 is 2.17 bits per heavy atom. The maximum Gasteiger partial charge on any atom is 0.265 e. The van der Waals surface area contributed by atoms with Crippen LogP contribution in [0.5, 0.6) is 5.75 Å². The number of hydrogen-bond donors (Lipinski definition) is 2. The van der Waals surface area contributed by atoms with Crippen LogP contribution in [0.4, 0.5) is 11.6 Å². The number of nitrogens with one attached hydrogen (secondary N) is 2. The van der Waals surface area contributed by atoms with Crippen LogP contribution in [0.25, 0.3) is 0 Å². The predicted molar refractivity (Wildman–Crippen MR) is 93.3 cm³/mol. The molecule has 0 spiro atoms. The van der Waals surface area contributed by atoms with Crippen LogP contribution in [0.1, 0.15) is 43.1 Å². The minimum absolute atomic E-state index is 0.0127. The minimum Gasteiger partial charge on any atom is -0.478 e. The summed E-state index contributed by atoms with van der Waals surface area (Å²) in [6.45, 7) is 7.92. The molecule has 0 aliphatic carbocycles. The molecule has 0 radical (unpaired) electrons. The fourth-order valence-corrected chi connectivity index (χ4v) is 2.57. The molecule has 126 valence electrons. The third-order valence-electron chi connectivity index (χ3n) is 4.27. The van der Waals surface area contributed by atoms with Crippen LogP contribution in [0.15, 0.2) is 24.4 Å². The summed E-state index contributed by atoms with van der Waals surface area (Å²) >= 11 is 0. The van der Waals surface area contributed by atoms with Crippen molar-refractivity contribution in [3.63, 3.8) is 0 Å². The van der Waals surface area contributed by atoms with Crippen molar-refractivity contribution in [1.29, 1.82) is 0 Å². The number of benzene rings is 1. The first kappa shape index (κ1) is 16.2. The summed E-state index contributed by atoms with van der Waals surface area (Å²) in [5.41, 5.74) is 3.78. The van der Waals surface area contributed by atoms with Gasteiger partial charge in [0.15, 0.2) is 6.10 Å². The van der Waals surface area contributed by atoms with Crippen LogP contribution in [0, 0.1) is 13.8 Å². The molecule has 0 saturated carbocycles. The topological polar surface area (TPSA) is 76.1 Å². The zero-order valence-corrected chi connectivity index (χ0v) is 14.4. The summed E-state index contributed by atoms with van der Waals surface area (Å²) in [5, 5.41) is 6.18. The number of anilines is 2. The average molecular weight is 326 g/mol. The van der Waals surface area contributed by atoms with Crippen molar-refractivity contribution in [1.82, 2.24) is 9.97 Å². The number of ether oxygens (including phenoxy) is 1. The number of fused-ring (bicyclic) bond motifs is 1. The minimum atomic E-state index is -0.431. The first-order chi connectivity index (χ1) is 11.5. The van der Waals surface area contributed by atoms with Gasteiger partial charge in [0.2, 0.25) is 5.95 Å². The van der Waals surface area contributed by atoms with Crippen LogP contribution in [-0.4, -0.2) is 22.0 Å². The van der Waals surface area contributed by atoms with E-state index in [4.69, 9.17) is 4.74 Å². The first-order valence-corrected chi connectivity index (χ1v) is 8.16. The fourth-order valence-electron chi connectivity index (χ4n) is 2.57. The van der Waals surface area contributed by atoms with Crippen molar-refractivity contribution in [2.45, 2.75) is 46.3 Å². The molecule has 3 rings (SSSR count). The highest BCUT2D eigenvalue weighted by Gasteiger charge is 2.26. The molecule has 0 unspecified atom stereocenters. The lowest BCUT2D eigenvalue weighted by atomic mass is 10.1. The van der Waals surface area contributed by atoms with Gasteiger partial charge in [0, 0.05) is 11.9 Å². The monoisotopic (exact) mass is 326 g/mol. The molecule has 1 amide bonds. The standard InChI is InChI=1S/C18H22N4O2/c1-5-15-17(23)22-14-7-6-13(8-16(14)24-15)12(4)21-18-19-9-10(2)11(3)20-18/h6-9,12,15H,5H2,1-4H3,(H,22,23)(H,19,20,21)/t12-,15-/m0/s1. The zero-order chi connectivity index (χ0) is 17.3. The van der Waals surface area contributed by atoms with Crippen LogP contribution < -0.4 is 15.4 Å². The molecule has 2 heterocycles. The van der Waals surface area contributed by atoms with Crippen molar-refractivity contribution in [2.75, 3.05) is 10.6 Å². The summed E-state index contributed by atoms with van der Waals surface area (Å²) < 4.78 is 5.80. The molecule has 6 heteroatoms. The van der Waals surface area contributed by atoms with Gasteiger partial charge >= 0.3 is 0 Å². The Bertz CT molecular complexity index is 776. The van der Waals surface area contributed by atoms with Gasteiger partial charge in [0.1, 0.15) is 5.75 Å². The third kappa shape index (κ3) is 3.18. The van der Waals surface area contributed by atoms with Gasteiger partial charge in [-0.05, 0) is 50.5 Å². The van der Waals surface area contributed by atoms with Gasteiger partial charge < -0.3 is 15.4 Å². The van der Waals surface area contributed by atoms with E-state index in [0.29, 0.717) is 23.8 Å². The molecule has 2 aromatic rings.